The van der Waals surface area contributed by atoms with Gasteiger partial charge in [0.2, 0.25) is 10.0 Å². The molecule has 1 aromatic rings. The zero-order valence-corrected chi connectivity index (χ0v) is 13.3. The van der Waals surface area contributed by atoms with Gasteiger partial charge in [-0.25, -0.2) is 13.6 Å². The Balaban J connectivity index is 3.15. The number of nitrogen functional groups attached to an aromatic ring is 1. The normalized spacial score (nSPS) is 11.8. The molecular weight excluding hydrogens is 274 g/mol. The lowest BCUT2D eigenvalue weighted by Gasteiger charge is -2.30. The largest absolute Gasteiger partial charge is 0.396 e. The fraction of sp³-hybridized carbons (Fsp3) is 0.571. The molecule has 0 saturated carbocycles. The molecule has 5 nitrogen and oxygen atoms in total. The summed E-state index contributed by atoms with van der Waals surface area (Å²) in [6.45, 7) is 7.13. The summed E-state index contributed by atoms with van der Waals surface area (Å²) in [5.41, 5.74) is 6.99. The minimum absolute atomic E-state index is 0.00357. The fourth-order valence-electron chi connectivity index (χ4n) is 2.22. The number of primary sulfonamides is 1. The Morgan fingerprint density at radius 1 is 1.25 bits per heavy atom. The van der Waals surface area contributed by atoms with Crippen molar-refractivity contribution in [3.63, 3.8) is 0 Å². The van der Waals surface area contributed by atoms with Crippen molar-refractivity contribution in [2.45, 2.75) is 51.0 Å². The average Bonchev–Trinajstić information content (AvgIpc) is 2.34. The molecule has 0 aliphatic heterocycles. The smallest absolute Gasteiger partial charge is 0.240 e. The minimum Gasteiger partial charge on any atom is -0.396 e. The van der Waals surface area contributed by atoms with Gasteiger partial charge in [0, 0.05) is 12.6 Å². The minimum atomic E-state index is -3.79. The van der Waals surface area contributed by atoms with Gasteiger partial charge in [-0.05, 0) is 32.4 Å². The summed E-state index contributed by atoms with van der Waals surface area (Å²) in [7, 11) is -3.79. The lowest BCUT2D eigenvalue weighted by molar-refractivity contribution is 0.597. The van der Waals surface area contributed by atoms with E-state index in [2.05, 4.69) is 25.7 Å². The highest BCUT2D eigenvalue weighted by Crippen LogP contribution is 2.30. The van der Waals surface area contributed by atoms with Crippen molar-refractivity contribution in [1.82, 2.24) is 0 Å². The lowest BCUT2D eigenvalue weighted by Crippen LogP contribution is -2.32. The van der Waals surface area contributed by atoms with Crippen molar-refractivity contribution >= 4 is 21.4 Å². The molecule has 4 N–H and O–H groups in total. The molecule has 0 fully saturated rings. The zero-order valence-electron chi connectivity index (χ0n) is 12.5. The van der Waals surface area contributed by atoms with Gasteiger partial charge in [-0.1, -0.05) is 25.8 Å². The van der Waals surface area contributed by atoms with Gasteiger partial charge in [-0.3, -0.25) is 0 Å². The van der Waals surface area contributed by atoms with Crippen LogP contribution >= 0.6 is 0 Å². The highest BCUT2D eigenvalue weighted by Gasteiger charge is 2.19. The number of hydrogen-bond acceptors (Lipinski definition) is 4. The Morgan fingerprint density at radius 3 is 2.40 bits per heavy atom. The van der Waals surface area contributed by atoms with Crippen molar-refractivity contribution in [3.8, 4) is 0 Å². The van der Waals surface area contributed by atoms with E-state index in [0.29, 0.717) is 0 Å². The van der Waals surface area contributed by atoms with Crippen LogP contribution < -0.4 is 15.8 Å². The molecule has 1 aromatic carbocycles. The summed E-state index contributed by atoms with van der Waals surface area (Å²) >= 11 is 0. The summed E-state index contributed by atoms with van der Waals surface area (Å²) in [6.07, 6.45) is 3.32. The zero-order chi connectivity index (χ0) is 15.3. The number of para-hydroxylation sites is 1. The topological polar surface area (TPSA) is 89.4 Å². The van der Waals surface area contributed by atoms with Crippen LogP contribution in [-0.4, -0.2) is 21.0 Å². The molecule has 0 heterocycles. The maximum atomic E-state index is 11.5. The van der Waals surface area contributed by atoms with Crippen LogP contribution in [0.4, 0.5) is 11.4 Å². The number of anilines is 2. The third-order valence-corrected chi connectivity index (χ3v) is 4.25. The average molecular weight is 299 g/mol. The Bertz CT molecular complexity index is 541. The van der Waals surface area contributed by atoms with Gasteiger partial charge in [0.15, 0.2) is 0 Å². The van der Waals surface area contributed by atoms with Crippen molar-refractivity contribution < 1.29 is 8.42 Å². The quantitative estimate of drug-likeness (QED) is 0.597. The van der Waals surface area contributed by atoms with Crippen LogP contribution in [-0.2, 0) is 10.0 Å². The maximum absolute atomic E-state index is 11.5. The SMILES string of the molecule is CCCCCN(c1cccc(S(N)(=O)=O)c1N)C(C)C. The Labute approximate surface area is 122 Å². The molecule has 0 amide bonds. The molecule has 0 bridgehead atoms. The van der Waals surface area contributed by atoms with Crippen LogP contribution in [0.1, 0.15) is 40.0 Å². The monoisotopic (exact) mass is 299 g/mol. The second kappa shape index (κ2) is 6.95. The van der Waals surface area contributed by atoms with Crippen LogP contribution in [0.25, 0.3) is 0 Å². The first-order chi connectivity index (χ1) is 9.29. The highest BCUT2D eigenvalue weighted by molar-refractivity contribution is 7.89. The summed E-state index contributed by atoms with van der Waals surface area (Å²) in [4.78, 5) is 2.12. The van der Waals surface area contributed by atoms with Crippen LogP contribution in [0, 0.1) is 0 Å². The van der Waals surface area contributed by atoms with E-state index in [4.69, 9.17) is 10.9 Å². The van der Waals surface area contributed by atoms with Crippen molar-refractivity contribution in [2.75, 3.05) is 17.2 Å². The van der Waals surface area contributed by atoms with Crippen molar-refractivity contribution in [1.29, 1.82) is 0 Å². The fourth-order valence-corrected chi connectivity index (χ4v) is 2.90. The molecule has 1 rings (SSSR count). The molecule has 114 valence electrons. The first-order valence-corrected chi connectivity index (χ1v) is 8.51. The van der Waals surface area contributed by atoms with E-state index in [-0.39, 0.29) is 16.6 Å². The Kier molecular flexibility index (Phi) is 5.83. The molecule has 20 heavy (non-hydrogen) atoms. The number of nitrogens with two attached hydrogens (primary N) is 2. The third-order valence-electron chi connectivity index (χ3n) is 3.28. The number of hydrogen-bond donors (Lipinski definition) is 2. The first kappa shape index (κ1) is 16.8. The van der Waals surface area contributed by atoms with Crippen molar-refractivity contribution in [3.05, 3.63) is 18.2 Å². The summed E-state index contributed by atoms with van der Waals surface area (Å²) < 4.78 is 23.1. The maximum Gasteiger partial charge on any atom is 0.240 e. The van der Waals surface area contributed by atoms with Gasteiger partial charge in [-0.15, -0.1) is 0 Å². The van der Waals surface area contributed by atoms with E-state index >= 15 is 0 Å². The van der Waals surface area contributed by atoms with Gasteiger partial charge >= 0.3 is 0 Å². The predicted octanol–water partition coefficient (Wildman–Crippen LogP) is 2.32. The van der Waals surface area contributed by atoms with E-state index in [1.807, 2.05) is 6.07 Å². The Hall–Kier alpha value is -1.27. The van der Waals surface area contributed by atoms with E-state index in [9.17, 15) is 8.42 Å². The number of unbranched alkanes of at least 4 members (excludes halogenated alkanes) is 2. The number of benzene rings is 1. The number of nitrogens with zero attached hydrogens (tertiary/aromatic N) is 1. The molecule has 0 atom stereocenters. The molecule has 0 radical (unpaired) electrons. The van der Waals surface area contributed by atoms with E-state index in [1.54, 1.807) is 6.07 Å². The summed E-state index contributed by atoms with van der Waals surface area (Å²) in [5, 5.41) is 5.20. The first-order valence-electron chi connectivity index (χ1n) is 6.97. The highest BCUT2D eigenvalue weighted by atomic mass is 32.2. The van der Waals surface area contributed by atoms with Crippen LogP contribution in [0.15, 0.2) is 23.1 Å². The third kappa shape index (κ3) is 4.11. The molecule has 0 aliphatic carbocycles. The van der Waals surface area contributed by atoms with E-state index in [1.165, 1.54) is 6.07 Å². The molecule has 0 aliphatic rings. The summed E-state index contributed by atoms with van der Waals surface area (Å²) in [5.74, 6) is 0. The van der Waals surface area contributed by atoms with Gasteiger partial charge in [0.25, 0.3) is 0 Å². The van der Waals surface area contributed by atoms with Crippen molar-refractivity contribution in [2.24, 2.45) is 5.14 Å². The van der Waals surface area contributed by atoms with Gasteiger partial charge in [0.1, 0.15) is 4.90 Å². The summed E-state index contributed by atoms with van der Waals surface area (Å²) in [6, 6.07) is 5.21. The molecule has 6 heteroatoms. The van der Waals surface area contributed by atoms with Gasteiger partial charge in [0.05, 0.1) is 11.4 Å². The second-order valence-corrected chi connectivity index (χ2v) is 6.76. The molecule has 0 spiro atoms. The van der Waals surface area contributed by atoms with Gasteiger partial charge < -0.3 is 10.6 Å². The molecular formula is C14H25N3O2S. The number of sulfonamides is 1. The lowest BCUT2D eigenvalue weighted by atomic mass is 10.1. The number of rotatable bonds is 7. The van der Waals surface area contributed by atoms with Crippen LogP contribution in [0.2, 0.25) is 0 Å². The molecule has 0 aromatic heterocycles. The van der Waals surface area contributed by atoms with Gasteiger partial charge in [-0.2, -0.15) is 0 Å². The predicted molar refractivity (Wildman–Crippen MR) is 84.2 cm³/mol. The van der Waals surface area contributed by atoms with E-state index in [0.717, 1.165) is 31.5 Å². The molecule has 0 unspecified atom stereocenters. The standard InChI is InChI=1S/C14H25N3O2S/c1-4-5-6-10-17(11(2)3)12-8-7-9-13(14(12)15)20(16,18)19/h7-9,11H,4-6,10,15H2,1-3H3,(H2,16,18,19). The van der Waals surface area contributed by atoms with E-state index < -0.39 is 10.0 Å². The second-order valence-electron chi connectivity index (χ2n) is 5.23. The van der Waals surface area contributed by atoms with Crippen LogP contribution in [0.5, 0.6) is 0 Å². The molecule has 0 saturated heterocycles. The van der Waals surface area contributed by atoms with Crippen LogP contribution in [0.3, 0.4) is 0 Å². The Morgan fingerprint density at radius 2 is 1.90 bits per heavy atom.